The zero-order valence-electron chi connectivity index (χ0n) is 21.8. The molecule has 3 aromatic rings. The van der Waals surface area contributed by atoms with Gasteiger partial charge in [0.2, 0.25) is 11.6 Å². The van der Waals surface area contributed by atoms with Crippen LogP contribution in [0.3, 0.4) is 0 Å². The maximum absolute atomic E-state index is 14.0. The predicted molar refractivity (Wildman–Crippen MR) is 134 cm³/mol. The Morgan fingerprint density at radius 1 is 1.08 bits per heavy atom. The summed E-state index contributed by atoms with van der Waals surface area (Å²) in [4.78, 5) is 35.3. The molecule has 2 aromatic heterocycles. The average molecular weight is 534 g/mol. The Balaban J connectivity index is 1.53. The molecule has 2 amide bonds. The van der Waals surface area contributed by atoms with Gasteiger partial charge in [0.05, 0.1) is 29.7 Å². The Morgan fingerprint density at radius 3 is 2.37 bits per heavy atom. The highest BCUT2D eigenvalue weighted by molar-refractivity contribution is 5.94. The van der Waals surface area contributed by atoms with E-state index in [-0.39, 0.29) is 35.9 Å². The average Bonchev–Trinajstić information content (AvgIpc) is 3.22. The van der Waals surface area contributed by atoms with E-state index >= 15 is 0 Å². The second kappa shape index (κ2) is 10.1. The number of methoxy groups -OCH3 is 1. The number of alkyl halides is 3. The number of nitrogens with one attached hydrogen (secondary N) is 1. The minimum absolute atomic E-state index is 0.180. The Labute approximate surface area is 218 Å². The Hall–Kier alpha value is -3.83. The number of imidazole rings is 1. The lowest BCUT2D eigenvalue weighted by molar-refractivity contribution is -0.137. The van der Waals surface area contributed by atoms with Crippen LogP contribution in [0.15, 0.2) is 30.6 Å². The van der Waals surface area contributed by atoms with E-state index in [9.17, 15) is 22.8 Å². The van der Waals surface area contributed by atoms with E-state index < -0.39 is 35.3 Å². The molecule has 12 heteroatoms. The van der Waals surface area contributed by atoms with Gasteiger partial charge in [0.25, 0.3) is 5.88 Å². The van der Waals surface area contributed by atoms with Crippen molar-refractivity contribution in [2.75, 3.05) is 25.5 Å². The summed E-state index contributed by atoms with van der Waals surface area (Å²) < 4.78 is 54.4. The van der Waals surface area contributed by atoms with Gasteiger partial charge in [-0.15, -0.1) is 0 Å². The molecular formula is C26H30F3N5O4. The Morgan fingerprint density at radius 2 is 1.76 bits per heavy atom. The molecule has 0 spiro atoms. The molecule has 1 fully saturated rings. The van der Waals surface area contributed by atoms with Gasteiger partial charge in [-0.3, -0.25) is 4.79 Å². The molecule has 0 radical (unpaired) electrons. The Kier molecular flexibility index (Phi) is 7.26. The van der Waals surface area contributed by atoms with Crippen molar-refractivity contribution in [2.24, 2.45) is 5.92 Å². The lowest BCUT2D eigenvalue weighted by Gasteiger charge is -2.33. The van der Waals surface area contributed by atoms with Crippen LogP contribution < -0.4 is 10.1 Å². The van der Waals surface area contributed by atoms with Crippen LogP contribution in [0.5, 0.6) is 5.88 Å². The first-order valence-electron chi connectivity index (χ1n) is 12.2. The van der Waals surface area contributed by atoms with E-state index in [1.165, 1.54) is 24.1 Å². The van der Waals surface area contributed by atoms with Crippen molar-refractivity contribution in [3.05, 3.63) is 41.9 Å². The molecule has 0 unspecified atom stereocenters. The van der Waals surface area contributed by atoms with Crippen LogP contribution in [-0.2, 0) is 15.7 Å². The largest absolute Gasteiger partial charge is 0.478 e. The van der Waals surface area contributed by atoms with E-state index in [1.807, 2.05) is 0 Å². The zero-order valence-corrected chi connectivity index (χ0v) is 21.8. The number of hydrogen-bond donors (Lipinski definition) is 1. The molecule has 0 aliphatic carbocycles. The number of ether oxygens (including phenoxy) is 2. The van der Waals surface area contributed by atoms with Crippen molar-refractivity contribution in [1.29, 1.82) is 0 Å². The number of fused-ring (bicyclic) bond motifs is 1. The predicted octanol–water partition coefficient (Wildman–Crippen LogP) is 5.32. The standard InChI is InChI=1S/C26H30F3N5O4/c1-15-13-34-14-20(32-23(37-5)21(34)30-15)17-6-7-19(18(12-17)26(27,28)29)31-22(35)16-8-10-33(11-9-16)24(36)38-25(2,3)4/h6-7,12-14,16H,8-11H2,1-5H3,(H,31,35). The number of amides is 2. The number of benzene rings is 1. The number of anilines is 1. The molecule has 38 heavy (non-hydrogen) atoms. The third kappa shape index (κ3) is 6.00. The number of carbonyl (C=O) groups is 2. The Bertz CT molecular complexity index is 1360. The van der Waals surface area contributed by atoms with Crippen LogP contribution in [0.2, 0.25) is 0 Å². The molecule has 1 N–H and O–H groups in total. The summed E-state index contributed by atoms with van der Waals surface area (Å²) in [7, 11) is 1.41. The summed E-state index contributed by atoms with van der Waals surface area (Å²) >= 11 is 0. The third-order valence-electron chi connectivity index (χ3n) is 6.12. The smallest absolute Gasteiger partial charge is 0.418 e. The van der Waals surface area contributed by atoms with Crippen molar-refractivity contribution in [1.82, 2.24) is 19.3 Å². The van der Waals surface area contributed by atoms with Crippen LogP contribution in [-0.4, -0.2) is 57.1 Å². The van der Waals surface area contributed by atoms with E-state index in [0.717, 1.165) is 6.07 Å². The lowest BCUT2D eigenvalue weighted by Crippen LogP contribution is -2.43. The van der Waals surface area contributed by atoms with Gasteiger partial charge in [0.1, 0.15) is 5.60 Å². The first kappa shape index (κ1) is 27.2. The van der Waals surface area contributed by atoms with Gasteiger partial charge >= 0.3 is 12.3 Å². The van der Waals surface area contributed by atoms with Crippen molar-refractivity contribution >= 4 is 23.3 Å². The van der Waals surface area contributed by atoms with Crippen molar-refractivity contribution < 1.29 is 32.2 Å². The molecule has 1 aliphatic heterocycles. The number of nitrogens with zero attached hydrogens (tertiary/aromatic N) is 4. The second-order valence-electron chi connectivity index (χ2n) is 10.2. The molecule has 0 bridgehead atoms. The molecular weight excluding hydrogens is 503 g/mol. The van der Waals surface area contributed by atoms with Gasteiger partial charge in [-0.2, -0.15) is 13.2 Å². The SMILES string of the molecule is COc1nc(-c2ccc(NC(=O)C3CCN(C(=O)OC(C)(C)C)CC3)c(C(F)(F)F)c2)cn2cc(C)nc12. The minimum Gasteiger partial charge on any atom is -0.478 e. The number of aryl methyl sites for hydroxylation is 1. The number of halogens is 3. The monoisotopic (exact) mass is 533 g/mol. The van der Waals surface area contributed by atoms with Gasteiger partial charge in [-0.05, 0) is 52.7 Å². The fourth-order valence-electron chi connectivity index (χ4n) is 4.30. The first-order chi connectivity index (χ1) is 17.7. The van der Waals surface area contributed by atoms with E-state index in [1.54, 1.807) is 44.5 Å². The van der Waals surface area contributed by atoms with Crippen LogP contribution in [0.4, 0.5) is 23.7 Å². The highest BCUT2D eigenvalue weighted by Gasteiger charge is 2.36. The fourth-order valence-corrected chi connectivity index (χ4v) is 4.30. The molecule has 1 aromatic carbocycles. The molecule has 1 aliphatic rings. The second-order valence-corrected chi connectivity index (χ2v) is 10.2. The maximum Gasteiger partial charge on any atom is 0.418 e. The quantitative estimate of drug-likeness (QED) is 0.488. The molecule has 0 saturated carbocycles. The summed E-state index contributed by atoms with van der Waals surface area (Å²) in [5, 5.41) is 2.45. The number of likely N-dealkylation sites (tertiary alicyclic amines) is 1. The van der Waals surface area contributed by atoms with Crippen molar-refractivity contribution in [2.45, 2.75) is 52.3 Å². The molecule has 9 nitrogen and oxygen atoms in total. The summed E-state index contributed by atoms with van der Waals surface area (Å²) in [5.74, 6) is -0.881. The van der Waals surface area contributed by atoms with Gasteiger partial charge in [0, 0.05) is 37.0 Å². The number of rotatable bonds is 4. The lowest BCUT2D eigenvalue weighted by atomic mass is 9.95. The molecule has 0 atom stereocenters. The van der Waals surface area contributed by atoms with Gasteiger partial charge in [-0.1, -0.05) is 6.07 Å². The van der Waals surface area contributed by atoms with Crippen molar-refractivity contribution in [3.63, 3.8) is 0 Å². The summed E-state index contributed by atoms with van der Waals surface area (Å²) in [5.41, 5.74) is -0.364. The fraction of sp³-hybridized carbons (Fsp3) is 0.462. The molecule has 4 rings (SSSR count). The molecule has 1 saturated heterocycles. The zero-order chi connectivity index (χ0) is 27.8. The normalized spacial score (nSPS) is 15.0. The van der Waals surface area contributed by atoms with E-state index in [4.69, 9.17) is 9.47 Å². The number of aromatic nitrogens is 3. The van der Waals surface area contributed by atoms with E-state index in [2.05, 4.69) is 15.3 Å². The van der Waals surface area contributed by atoms with Crippen LogP contribution in [0, 0.1) is 12.8 Å². The number of piperidine rings is 1. The van der Waals surface area contributed by atoms with Gasteiger partial charge < -0.3 is 24.1 Å². The highest BCUT2D eigenvalue weighted by atomic mass is 19.4. The molecule has 3 heterocycles. The summed E-state index contributed by atoms with van der Waals surface area (Å²) in [6.45, 7) is 7.63. The van der Waals surface area contributed by atoms with Crippen LogP contribution in [0.1, 0.15) is 44.9 Å². The first-order valence-corrected chi connectivity index (χ1v) is 12.2. The number of carbonyl (C=O) groups excluding carboxylic acids is 2. The maximum atomic E-state index is 14.0. The third-order valence-corrected chi connectivity index (χ3v) is 6.12. The van der Waals surface area contributed by atoms with Crippen LogP contribution in [0.25, 0.3) is 16.9 Å². The minimum atomic E-state index is -4.72. The molecule has 204 valence electrons. The summed E-state index contributed by atoms with van der Waals surface area (Å²) in [6.07, 6.45) is -1.27. The summed E-state index contributed by atoms with van der Waals surface area (Å²) in [6, 6.07) is 3.65. The van der Waals surface area contributed by atoms with Gasteiger partial charge in [-0.25, -0.2) is 14.8 Å². The highest BCUT2D eigenvalue weighted by Crippen LogP contribution is 2.38. The number of hydrogen-bond acceptors (Lipinski definition) is 6. The van der Waals surface area contributed by atoms with Crippen molar-refractivity contribution in [3.8, 4) is 17.1 Å². The van der Waals surface area contributed by atoms with Gasteiger partial charge in [0.15, 0.2) is 0 Å². The van der Waals surface area contributed by atoms with Crippen LogP contribution >= 0.6 is 0 Å². The topological polar surface area (TPSA) is 98.1 Å². The van der Waals surface area contributed by atoms with E-state index in [0.29, 0.717) is 24.2 Å².